The summed E-state index contributed by atoms with van der Waals surface area (Å²) in [4.78, 5) is 21.6. The molecule has 0 atom stereocenters. The van der Waals surface area contributed by atoms with Gasteiger partial charge in [0.15, 0.2) is 0 Å². The van der Waals surface area contributed by atoms with E-state index in [1.165, 1.54) is 0 Å². The van der Waals surface area contributed by atoms with E-state index in [4.69, 9.17) is 19.2 Å². The molecule has 0 unspecified atom stereocenters. The summed E-state index contributed by atoms with van der Waals surface area (Å²) in [5.41, 5.74) is 0. The van der Waals surface area contributed by atoms with Crippen molar-refractivity contribution in [2.45, 2.75) is 0 Å². The van der Waals surface area contributed by atoms with Gasteiger partial charge in [0.2, 0.25) is 0 Å². The van der Waals surface area contributed by atoms with Gasteiger partial charge < -0.3 is 27.7 Å². The third-order valence-corrected chi connectivity index (χ3v) is 0.204. The molecule has 0 bridgehead atoms. The molecule has 0 aromatic carbocycles. The minimum atomic E-state index is -4.64. The van der Waals surface area contributed by atoms with E-state index in [-0.39, 0.29) is 67.4 Å². The zero-order valence-electron chi connectivity index (χ0n) is 8.52. The fraction of sp³-hybridized carbons (Fsp3) is 1.00. The second-order valence-electron chi connectivity index (χ2n) is 1.13. The Morgan fingerprint density at radius 1 is 1.18 bits per heavy atom. The van der Waals surface area contributed by atoms with Crippen molar-refractivity contribution in [3.05, 3.63) is 0 Å². The quantitative estimate of drug-likeness (QED) is 0.207. The predicted molar refractivity (Wildman–Crippen MR) is 30.9 cm³/mol. The zero-order valence-corrected chi connectivity index (χ0v) is 11.4. The normalized spacial score (nSPS) is 11.9. The number of rotatable bonds is 0. The summed E-state index contributed by atoms with van der Waals surface area (Å²) in [6, 6.07) is 0. The van der Waals surface area contributed by atoms with Crippen molar-refractivity contribution in [3.8, 4) is 0 Å². The van der Waals surface area contributed by atoms with Crippen LogP contribution in [0.4, 0.5) is 0 Å². The molecule has 1 heterocycles. The van der Waals surface area contributed by atoms with Crippen LogP contribution in [-0.2, 0) is 9.30 Å². The van der Waals surface area contributed by atoms with E-state index in [0.717, 1.165) is 13.2 Å². The Kier molecular flexibility index (Phi) is 25.3. The SMILES string of the molecule is C1CO1.O.O=P(O)(O)O.[H-].[H-].[Na+].[Na+]. The minimum absolute atomic E-state index is 0. The van der Waals surface area contributed by atoms with Gasteiger partial charge in [-0.3, -0.25) is 0 Å². The topological polar surface area (TPSA) is 122 Å². The molecule has 0 amide bonds. The molecular weight excluding hydrogens is 197 g/mol. The van der Waals surface area contributed by atoms with Gasteiger partial charge >= 0.3 is 66.9 Å². The Morgan fingerprint density at radius 2 is 1.27 bits per heavy atom. The van der Waals surface area contributed by atoms with Gasteiger partial charge in [-0.25, -0.2) is 4.57 Å². The van der Waals surface area contributed by atoms with Gasteiger partial charge in [-0.2, -0.15) is 0 Å². The van der Waals surface area contributed by atoms with Crippen molar-refractivity contribution >= 4 is 7.82 Å². The van der Waals surface area contributed by atoms with Crippen LogP contribution in [0.3, 0.4) is 0 Å². The number of epoxide rings is 1. The van der Waals surface area contributed by atoms with E-state index in [1.54, 1.807) is 0 Å². The van der Waals surface area contributed by atoms with Crippen LogP contribution in [-0.4, -0.2) is 33.4 Å². The molecule has 11 heavy (non-hydrogen) atoms. The predicted octanol–water partition coefficient (Wildman–Crippen LogP) is -7.50. The Bertz CT molecular complexity index is 97.8. The molecule has 0 radical (unpaired) electrons. The number of phosphoric acid groups is 1. The molecule has 1 rings (SSSR count). The fourth-order valence-electron chi connectivity index (χ4n) is 0. The first-order valence-corrected chi connectivity index (χ1v) is 3.43. The van der Waals surface area contributed by atoms with Crippen LogP contribution in [0, 0.1) is 0 Å². The summed E-state index contributed by atoms with van der Waals surface area (Å²) in [6.45, 7) is 2.00. The van der Waals surface area contributed by atoms with Gasteiger partial charge in [0.1, 0.15) is 0 Å². The van der Waals surface area contributed by atoms with Gasteiger partial charge in [0.05, 0.1) is 13.2 Å². The maximum absolute atomic E-state index is 8.88. The number of ether oxygens (including phenoxy) is 1. The van der Waals surface area contributed by atoms with E-state index in [2.05, 4.69) is 4.74 Å². The van der Waals surface area contributed by atoms with E-state index >= 15 is 0 Å². The molecular formula is C2H11Na2O6P. The van der Waals surface area contributed by atoms with E-state index in [9.17, 15) is 0 Å². The van der Waals surface area contributed by atoms with Crippen molar-refractivity contribution in [1.29, 1.82) is 0 Å². The van der Waals surface area contributed by atoms with Crippen molar-refractivity contribution < 1.29 is 91.4 Å². The summed E-state index contributed by atoms with van der Waals surface area (Å²) in [7, 11) is -4.64. The molecule has 1 fully saturated rings. The Labute approximate surface area is 111 Å². The summed E-state index contributed by atoms with van der Waals surface area (Å²) >= 11 is 0. The summed E-state index contributed by atoms with van der Waals surface area (Å²) < 4.78 is 13.4. The monoisotopic (exact) mass is 208 g/mol. The molecule has 0 aromatic heterocycles. The summed E-state index contributed by atoms with van der Waals surface area (Å²) in [6.07, 6.45) is 0. The smallest absolute Gasteiger partial charge is 1.00 e. The van der Waals surface area contributed by atoms with Gasteiger partial charge in [-0.1, -0.05) is 0 Å². The Balaban J connectivity index is -0.0000000140. The molecule has 6 nitrogen and oxygen atoms in total. The molecule has 1 saturated heterocycles. The first-order chi connectivity index (χ1) is 3.50. The van der Waals surface area contributed by atoms with E-state index in [0.29, 0.717) is 0 Å². The second-order valence-corrected chi connectivity index (χ2v) is 2.15. The van der Waals surface area contributed by atoms with Gasteiger partial charge in [0.25, 0.3) is 0 Å². The maximum atomic E-state index is 8.88. The first-order valence-electron chi connectivity index (χ1n) is 1.86. The summed E-state index contributed by atoms with van der Waals surface area (Å²) in [5.74, 6) is 0. The Hall–Kier alpha value is 2.03. The van der Waals surface area contributed by atoms with Crippen LogP contribution < -0.4 is 59.1 Å². The van der Waals surface area contributed by atoms with Gasteiger partial charge in [-0.05, 0) is 0 Å². The average Bonchev–Trinajstić information content (AvgIpc) is 1.95. The third-order valence-electron chi connectivity index (χ3n) is 0.204. The molecule has 0 saturated carbocycles. The number of hydrogen-bond donors (Lipinski definition) is 3. The van der Waals surface area contributed by atoms with Gasteiger partial charge in [-0.15, -0.1) is 0 Å². The largest absolute Gasteiger partial charge is 1.00 e. The molecule has 9 heteroatoms. The van der Waals surface area contributed by atoms with Crippen LogP contribution in [0.25, 0.3) is 0 Å². The zero-order chi connectivity index (χ0) is 6.62. The molecule has 1 aliphatic rings. The third kappa shape index (κ3) is 132. The molecule has 1 aliphatic heterocycles. The molecule has 62 valence electrons. The Morgan fingerprint density at radius 3 is 1.27 bits per heavy atom. The van der Waals surface area contributed by atoms with Crippen LogP contribution in [0.2, 0.25) is 0 Å². The van der Waals surface area contributed by atoms with Gasteiger partial charge in [0, 0.05) is 0 Å². The average molecular weight is 208 g/mol. The van der Waals surface area contributed by atoms with Crippen LogP contribution >= 0.6 is 7.82 Å². The fourth-order valence-corrected chi connectivity index (χ4v) is 0. The molecule has 0 aliphatic carbocycles. The molecule has 5 N–H and O–H groups in total. The van der Waals surface area contributed by atoms with E-state index in [1.807, 2.05) is 0 Å². The summed E-state index contributed by atoms with van der Waals surface area (Å²) in [5, 5.41) is 0. The van der Waals surface area contributed by atoms with Crippen LogP contribution in [0.5, 0.6) is 0 Å². The van der Waals surface area contributed by atoms with Crippen LogP contribution in [0.15, 0.2) is 0 Å². The second kappa shape index (κ2) is 12.0. The maximum Gasteiger partial charge on any atom is 1.00 e. The standard InChI is InChI=1S/C2H4O.2Na.H3O4P.H2O.2H/c1-2-3-1;;;1-5(2,3)4;;;/h1-2H2;;;(H3,1,2,3,4);1H2;;/q;2*+1;;;2*-1. The number of hydrogen-bond acceptors (Lipinski definition) is 2. The van der Waals surface area contributed by atoms with Crippen LogP contribution in [0.1, 0.15) is 2.85 Å². The minimum Gasteiger partial charge on any atom is -1.00 e. The first kappa shape index (κ1) is 23.1. The van der Waals surface area contributed by atoms with Crippen molar-refractivity contribution in [2.75, 3.05) is 13.2 Å². The van der Waals surface area contributed by atoms with Crippen molar-refractivity contribution in [3.63, 3.8) is 0 Å². The van der Waals surface area contributed by atoms with E-state index < -0.39 is 7.82 Å². The molecule has 0 aromatic rings. The van der Waals surface area contributed by atoms with Crippen molar-refractivity contribution in [2.24, 2.45) is 0 Å². The van der Waals surface area contributed by atoms with Crippen molar-refractivity contribution in [1.82, 2.24) is 0 Å². The molecule has 0 spiro atoms.